The number of hydrogen-bond acceptors (Lipinski definition) is 5. The molecule has 2 amide bonds. The fraction of sp³-hybridized carbons (Fsp3) is 0.533. The van der Waals surface area contributed by atoms with Crippen LogP contribution >= 0.6 is 24.8 Å². The van der Waals surface area contributed by atoms with Crippen LogP contribution in [0.1, 0.15) is 16.8 Å². The van der Waals surface area contributed by atoms with E-state index in [0.717, 1.165) is 0 Å². The first-order valence-electron chi connectivity index (χ1n) is 7.77. The summed E-state index contributed by atoms with van der Waals surface area (Å²) in [6.45, 7) is 1.24. The van der Waals surface area contributed by atoms with Gasteiger partial charge in [-0.2, -0.15) is 0 Å². The van der Waals surface area contributed by atoms with Gasteiger partial charge in [-0.1, -0.05) is 0 Å². The maximum Gasteiger partial charge on any atom is 0.262 e. The summed E-state index contributed by atoms with van der Waals surface area (Å²) in [5, 5.41) is 2.58. The van der Waals surface area contributed by atoms with E-state index in [-0.39, 0.29) is 30.7 Å². The fourth-order valence-corrected chi connectivity index (χ4v) is 3.09. The SMILES string of the molecule is Cl.Cl.NC(=O)c1cccnc1N1CCN(C(=O)C2CC(F)(F)CN2)CC1. The van der Waals surface area contributed by atoms with Gasteiger partial charge in [0, 0.05) is 38.8 Å². The van der Waals surface area contributed by atoms with Gasteiger partial charge in [0.25, 0.3) is 11.8 Å². The van der Waals surface area contributed by atoms with Gasteiger partial charge in [-0.3, -0.25) is 14.9 Å². The zero-order chi connectivity index (χ0) is 17.3. The summed E-state index contributed by atoms with van der Waals surface area (Å²) >= 11 is 0. The highest BCUT2D eigenvalue weighted by Gasteiger charge is 2.43. The number of nitrogens with two attached hydrogens (primary N) is 1. The minimum Gasteiger partial charge on any atom is -0.365 e. The molecule has 0 spiro atoms. The molecule has 2 aliphatic rings. The lowest BCUT2D eigenvalue weighted by molar-refractivity contribution is -0.134. The van der Waals surface area contributed by atoms with Gasteiger partial charge in [0.05, 0.1) is 18.2 Å². The molecule has 1 atom stereocenters. The number of carbonyl (C=O) groups is 2. The molecule has 1 aromatic rings. The number of alkyl halides is 2. The van der Waals surface area contributed by atoms with E-state index in [2.05, 4.69) is 10.3 Å². The Hall–Kier alpha value is -1.71. The quantitative estimate of drug-likeness (QED) is 0.762. The van der Waals surface area contributed by atoms with Crippen LogP contribution in [0.2, 0.25) is 0 Å². The number of hydrogen-bond donors (Lipinski definition) is 2. The number of nitrogens with zero attached hydrogens (tertiary/aromatic N) is 3. The Morgan fingerprint density at radius 3 is 2.42 bits per heavy atom. The second-order valence-electron chi connectivity index (χ2n) is 6.04. The highest BCUT2D eigenvalue weighted by molar-refractivity contribution is 5.97. The van der Waals surface area contributed by atoms with E-state index in [9.17, 15) is 18.4 Å². The highest BCUT2D eigenvalue weighted by Crippen LogP contribution is 2.26. The van der Waals surface area contributed by atoms with Crippen molar-refractivity contribution in [1.82, 2.24) is 15.2 Å². The number of pyridine rings is 1. The number of anilines is 1. The summed E-state index contributed by atoms with van der Waals surface area (Å²) in [4.78, 5) is 31.5. The zero-order valence-corrected chi connectivity index (χ0v) is 15.5. The Bertz CT molecular complexity index is 657. The molecule has 146 valence electrons. The van der Waals surface area contributed by atoms with Crippen molar-refractivity contribution in [1.29, 1.82) is 0 Å². The van der Waals surface area contributed by atoms with Crippen LogP contribution in [-0.2, 0) is 4.79 Å². The Morgan fingerprint density at radius 2 is 1.88 bits per heavy atom. The van der Waals surface area contributed by atoms with Gasteiger partial charge >= 0.3 is 0 Å². The van der Waals surface area contributed by atoms with Crippen LogP contribution in [-0.4, -0.2) is 66.4 Å². The molecular formula is C15H21Cl2F2N5O2. The predicted molar refractivity (Wildman–Crippen MR) is 97.4 cm³/mol. The number of piperazine rings is 1. The van der Waals surface area contributed by atoms with Crippen LogP contribution in [0.25, 0.3) is 0 Å². The van der Waals surface area contributed by atoms with Gasteiger partial charge in [-0.15, -0.1) is 24.8 Å². The third-order valence-corrected chi connectivity index (χ3v) is 4.35. The summed E-state index contributed by atoms with van der Waals surface area (Å²) in [6, 6.07) is 2.41. The van der Waals surface area contributed by atoms with Crippen LogP contribution in [0.15, 0.2) is 18.3 Å². The minimum atomic E-state index is -2.83. The molecule has 0 bridgehead atoms. The molecule has 11 heteroatoms. The molecule has 7 nitrogen and oxygen atoms in total. The molecule has 3 heterocycles. The standard InChI is InChI=1S/C15H19F2N5O2.2ClH/c16-15(17)8-11(20-9-15)14(24)22-6-4-21(5-7-22)13-10(12(18)23)2-1-3-19-13;;/h1-3,11,20H,4-9H2,(H2,18,23);2*1H. The maximum atomic E-state index is 13.2. The van der Waals surface area contributed by atoms with E-state index in [0.29, 0.717) is 37.6 Å². The molecule has 3 N–H and O–H groups in total. The number of carbonyl (C=O) groups excluding carboxylic acids is 2. The monoisotopic (exact) mass is 411 g/mol. The van der Waals surface area contributed by atoms with Crippen molar-refractivity contribution in [3.05, 3.63) is 23.9 Å². The van der Waals surface area contributed by atoms with Gasteiger partial charge < -0.3 is 15.5 Å². The lowest BCUT2D eigenvalue weighted by Gasteiger charge is -2.37. The smallest absolute Gasteiger partial charge is 0.262 e. The minimum absolute atomic E-state index is 0. The molecule has 0 saturated carbocycles. The summed E-state index contributed by atoms with van der Waals surface area (Å²) < 4.78 is 26.5. The van der Waals surface area contributed by atoms with Crippen molar-refractivity contribution in [3.8, 4) is 0 Å². The molecule has 3 rings (SSSR count). The molecule has 0 aliphatic carbocycles. The lowest BCUT2D eigenvalue weighted by Crippen LogP contribution is -2.53. The molecule has 1 aromatic heterocycles. The third kappa shape index (κ3) is 4.72. The van der Waals surface area contributed by atoms with Crippen LogP contribution in [0.3, 0.4) is 0 Å². The first-order valence-corrected chi connectivity index (χ1v) is 7.77. The van der Waals surface area contributed by atoms with Crippen molar-refractivity contribution in [2.75, 3.05) is 37.6 Å². The van der Waals surface area contributed by atoms with Gasteiger partial charge in [-0.05, 0) is 12.1 Å². The summed E-state index contributed by atoms with van der Waals surface area (Å²) in [5.74, 6) is -3.20. The average molecular weight is 412 g/mol. The Labute approximate surface area is 162 Å². The van der Waals surface area contributed by atoms with Crippen molar-refractivity contribution in [2.24, 2.45) is 5.73 Å². The molecule has 0 radical (unpaired) electrons. The normalized spacial score (nSPS) is 21.5. The number of nitrogens with one attached hydrogen (secondary N) is 1. The third-order valence-electron chi connectivity index (χ3n) is 4.35. The average Bonchev–Trinajstić information content (AvgIpc) is 2.94. The molecular weight excluding hydrogens is 391 g/mol. The van der Waals surface area contributed by atoms with Crippen LogP contribution in [0.4, 0.5) is 14.6 Å². The first kappa shape index (κ1) is 22.3. The highest BCUT2D eigenvalue weighted by atomic mass is 35.5. The predicted octanol–water partition coefficient (Wildman–Crippen LogP) is 0.670. The number of rotatable bonds is 3. The van der Waals surface area contributed by atoms with E-state index in [1.807, 2.05) is 4.90 Å². The summed E-state index contributed by atoms with van der Waals surface area (Å²) in [6.07, 6.45) is 1.11. The van der Waals surface area contributed by atoms with Crippen molar-refractivity contribution < 1.29 is 18.4 Å². The lowest BCUT2D eigenvalue weighted by atomic mass is 10.1. The number of amides is 2. The van der Waals surface area contributed by atoms with Gasteiger partial charge in [-0.25, -0.2) is 13.8 Å². The number of primary amides is 1. The Kier molecular flexibility index (Phi) is 7.55. The summed E-state index contributed by atoms with van der Waals surface area (Å²) in [5.41, 5.74) is 5.68. The summed E-state index contributed by atoms with van der Waals surface area (Å²) in [7, 11) is 0. The van der Waals surface area contributed by atoms with E-state index >= 15 is 0 Å². The van der Waals surface area contributed by atoms with Gasteiger partial charge in [0.15, 0.2) is 0 Å². The molecule has 1 unspecified atom stereocenters. The van der Waals surface area contributed by atoms with Crippen LogP contribution < -0.4 is 16.0 Å². The first-order chi connectivity index (χ1) is 11.4. The Balaban J connectivity index is 0.00000169. The zero-order valence-electron chi connectivity index (χ0n) is 13.9. The van der Waals surface area contributed by atoms with E-state index in [1.54, 1.807) is 23.2 Å². The largest absolute Gasteiger partial charge is 0.365 e. The maximum absolute atomic E-state index is 13.2. The fourth-order valence-electron chi connectivity index (χ4n) is 3.09. The topological polar surface area (TPSA) is 91.6 Å². The second kappa shape index (κ2) is 8.79. The van der Waals surface area contributed by atoms with Gasteiger partial charge in [0.1, 0.15) is 5.82 Å². The van der Waals surface area contributed by atoms with Crippen molar-refractivity contribution in [3.63, 3.8) is 0 Å². The molecule has 0 aromatic carbocycles. The molecule has 26 heavy (non-hydrogen) atoms. The molecule has 2 fully saturated rings. The van der Waals surface area contributed by atoms with Crippen molar-refractivity contribution >= 4 is 42.4 Å². The number of halogens is 4. The second-order valence-corrected chi connectivity index (χ2v) is 6.04. The molecule has 2 aliphatic heterocycles. The van der Waals surface area contributed by atoms with E-state index < -0.39 is 30.8 Å². The van der Waals surface area contributed by atoms with Crippen LogP contribution in [0, 0.1) is 0 Å². The molecule has 2 saturated heterocycles. The van der Waals surface area contributed by atoms with Crippen LogP contribution in [0.5, 0.6) is 0 Å². The number of aromatic nitrogens is 1. The van der Waals surface area contributed by atoms with E-state index in [4.69, 9.17) is 5.73 Å². The van der Waals surface area contributed by atoms with Gasteiger partial charge in [0.2, 0.25) is 5.91 Å². The van der Waals surface area contributed by atoms with E-state index in [1.165, 1.54) is 0 Å². The van der Waals surface area contributed by atoms with Crippen molar-refractivity contribution in [2.45, 2.75) is 18.4 Å². The Morgan fingerprint density at radius 1 is 1.23 bits per heavy atom.